The molecule has 5 N–H and O–H groups in total. The molecule has 0 aliphatic heterocycles. The van der Waals surface area contributed by atoms with E-state index in [1.54, 1.807) is 30.9 Å². The zero-order valence-corrected chi connectivity index (χ0v) is 28.1. The van der Waals surface area contributed by atoms with Crippen LogP contribution < -0.4 is 26.4 Å². The molecule has 0 aliphatic rings. The third-order valence-corrected chi connectivity index (χ3v) is 6.04. The highest BCUT2D eigenvalue weighted by molar-refractivity contribution is 9.10. The van der Waals surface area contributed by atoms with E-state index in [1.807, 2.05) is 13.8 Å². The molecule has 0 spiro atoms. The minimum atomic E-state index is -0.771. The Labute approximate surface area is 274 Å². The van der Waals surface area contributed by atoms with Crippen LogP contribution in [0.3, 0.4) is 0 Å². The van der Waals surface area contributed by atoms with Gasteiger partial charge in [-0.05, 0) is 35.8 Å². The fraction of sp³-hybridized carbons (Fsp3) is 0.345. The lowest BCUT2D eigenvalue weighted by molar-refractivity contribution is -0.393. The Hall–Kier alpha value is -5.19. The lowest BCUT2D eigenvalue weighted by Gasteiger charge is -2.27. The standard InChI is InChI=1S/C21H29N3O6.C6H4BrN3O4.C2H6/c1-13(2)20(26)29-9-7-24(8-10-30-21(27)14(3)4)18-12-17(23-15(5)25)16(22)11-19(18)28-6;7-4-1-3(9(11)12)2-5(6(4)8)10(13)14;1-2/h11-12H,1,3,7-10,22H2,2,4-6H3,(H,23,25);1-2H,8H2;1-2H3. The molecule has 2 aromatic rings. The number of esters is 2. The predicted octanol–water partition coefficient (Wildman–Crippen LogP) is 5.15. The second-order valence-electron chi connectivity index (χ2n) is 8.99. The second kappa shape index (κ2) is 20.0. The first-order valence-electron chi connectivity index (χ1n) is 13.5. The van der Waals surface area contributed by atoms with Gasteiger partial charge < -0.3 is 35.9 Å². The molecule has 0 bridgehead atoms. The lowest BCUT2D eigenvalue weighted by Crippen LogP contribution is -2.32. The van der Waals surface area contributed by atoms with Gasteiger partial charge in [0.05, 0.1) is 57.6 Å². The number of halogens is 1. The molecule has 0 saturated carbocycles. The van der Waals surface area contributed by atoms with Crippen LogP contribution in [0.2, 0.25) is 0 Å². The van der Waals surface area contributed by atoms with Gasteiger partial charge in [-0.2, -0.15) is 0 Å². The summed E-state index contributed by atoms with van der Waals surface area (Å²) >= 11 is 2.90. The number of nitrogens with zero attached hydrogens (tertiary/aromatic N) is 3. The Kier molecular flexibility index (Phi) is 17.7. The van der Waals surface area contributed by atoms with Gasteiger partial charge in [0.2, 0.25) is 5.91 Å². The summed E-state index contributed by atoms with van der Waals surface area (Å²) < 4.78 is 15.9. The number of nitro benzene ring substituents is 2. The molecule has 0 aromatic heterocycles. The van der Waals surface area contributed by atoms with E-state index < -0.39 is 27.5 Å². The van der Waals surface area contributed by atoms with Crippen LogP contribution in [0.5, 0.6) is 5.75 Å². The van der Waals surface area contributed by atoms with Gasteiger partial charge in [-0.15, -0.1) is 0 Å². The molecule has 0 radical (unpaired) electrons. The zero-order chi connectivity index (χ0) is 35.7. The summed E-state index contributed by atoms with van der Waals surface area (Å²) in [6, 6.07) is 5.16. The number of amides is 1. The van der Waals surface area contributed by atoms with Gasteiger partial charge in [-0.1, -0.05) is 27.0 Å². The summed E-state index contributed by atoms with van der Waals surface area (Å²) in [4.78, 5) is 55.9. The van der Waals surface area contributed by atoms with Crippen molar-refractivity contribution in [1.29, 1.82) is 0 Å². The van der Waals surface area contributed by atoms with E-state index in [-0.39, 0.29) is 59.2 Å². The molecular weight excluding hydrogens is 672 g/mol. The Morgan fingerprint density at radius 3 is 1.80 bits per heavy atom. The van der Waals surface area contributed by atoms with Gasteiger partial charge >= 0.3 is 11.9 Å². The molecule has 0 saturated heterocycles. The first kappa shape index (κ1) is 40.8. The maximum Gasteiger partial charge on any atom is 0.333 e. The Morgan fingerprint density at radius 2 is 1.41 bits per heavy atom. The molecule has 2 rings (SSSR count). The minimum absolute atomic E-state index is 0.0587. The fourth-order valence-electron chi connectivity index (χ4n) is 3.23. The van der Waals surface area contributed by atoms with E-state index in [9.17, 15) is 34.6 Å². The number of nitrogen functional groups attached to an aromatic ring is 2. The first-order valence-corrected chi connectivity index (χ1v) is 14.3. The van der Waals surface area contributed by atoms with Crippen LogP contribution in [0.1, 0.15) is 34.6 Å². The Morgan fingerprint density at radius 1 is 0.913 bits per heavy atom. The topological polar surface area (TPSA) is 232 Å². The second-order valence-corrected chi connectivity index (χ2v) is 9.84. The molecule has 252 valence electrons. The van der Waals surface area contributed by atoms with Crippen molar-refractivity contribution in [3.8, 4) is 5.75 Å². The molecule has 0 fully saturated rings. The smallest absolute Gasteiger partial charge is 0.333 e. The number of hydrogen-bond acceptors (Lipinski definition) is 13. The average Bonchev–Trinajstić information content (AvgIpc) is 2.99. The summed E-state index contributed by atoms with van der Waals surface area (Å²) in [6.07, 6.45) is 0. The number of nitrogens with two attached hydrogens (primary N) is 2. The van der Waals surface area contributed by atoms with Crippen LogP contribution >= 0.6 is 15.9 Å². The number of ether oxygens (including phenoxy) is 3. The molecule has 0 heterocycles. The third-order valence-electron chi connectivity index (χ3n) is 5.39. The highest BCUT2D eigenvalue weighted by Crippen LogP contribution is 2.36. The normalized spacial score (nSPS) is 9.63. The van der Waals surface area contributed by atoms with E-state index >= 15 is 0 Å². The molecule has 0 unspecified atom stereocenters. The van der Waals surface area contributed by atoms with E-state index in [1.165, 1.54) is 14.0 Å². The zero-order valence-electron chi connectivity index (χ0n) is 26.5. The van der Waals surface area contributed by atoms with Crippen LogP contribution in [0.15, 0.2) is 53.0 Å². The number of carbonyl (C=O) groups is 3. The summed E-state index contributed by atoms with van der Waals surface area (Å²) in [7, 11) is 1.48. The van der Waals surface area contributed by atoms with Crippen molar-refractivity contribution >= 4 is 67.9 Å². The number of anilines is 4. The van der Waals surface area contributed by atoms with Crippen LogP contribution in [-0.4, -0.2) is 61.1 Å². The van der Waals surface area contributed by atoms with E-state index in [2.05, 4.69) is 34.4 Å². The summed E-state index contributed by atoms with van der Waals surface area (Å²) in [5, 5.41) is 23.4. The molecular formula is C29H39BrN6O10. The van der Waals surface area contributed by atoms with Crippen molar-refractivity contribution < 1.29 is 38.4 Å². The number of hydrogen-bond donors (Lipinski definition) is 3. The van der Waals surface area contributed by atoms with Gasteiger partial charge in [0.15, 0.2) is 0 Å². The average molecular weight is 712 g/mol. The molecule has 46 heavy (non-hydrogen) atoms. The van der Waals surface area contributed by atoms with Crippen LogP contribution in [-0.2, 0) is 23.9 Å². The van der Waals surface area contributed by atoms with Crippen molar-refractivity contribution in [2.45, 2.75) is 34.6 Å². The number of non-ortho nitro benzene ring substituents is 1. The number of benzene rings is 2. The maximum absolute atomic E-state index is 11.7. The molecule has 2 aromatic carbocycles. The monoisotopic (exact) mass is 710 g/mol. The van der Waals surface area contributed by atoms with E-state index in [0.29, 0.717) is 22.8 Å². The van der Waals surface area contributed by atoms with Crippen molar-refractivity contribution in [1.82, 2.24) is 0 Å². The van der Waals surface area contributed by atoms with Crippen molar-refractivity contribution in [3.63, 3.8) is 0 Å². The largest absolute Gasteiger partial charge is 0.495 e. The summed E-state index contributed by atoms with van der Waals surface area (Å²) in [5.74, 6) is -0.854. The number of methoxy groups -OCH3 is 1. The maximum atomic E-state index is 11.7. The Bertz CT molecular complexity index is 1430. The fourth-order valence-corrected chi connectivity index (χ4v) is 3.67. The highest BCUT2D eigenvalue weighted by atomic mass is 79.9. The van der Waals surface area contributed by atoms with Crippen molar-refractivity contribution in [2.24, 2.45) is 0 Å². The van der Waals surface area contributed by atoms with Gasteiger partial charge in [-0.3, -0.25) is 25.0 Å². The minimum Gasteiger partial charge on any atom is -0.495 e. The number of carbonyl (C=O) groups excluding carboxylic acids is 3. The van der Waals surface area contributed by atoms with Gasteiger partial charge in [0.25, 0.3) is 11.4 Å². The molecule has 17 heteroatoms. The predicted molar refractivity (Wildman–Crippen MR) is 179 cm³/mol. The summed E-state index contributed by atoms with van der Waals surface area (Å²) in [6.45, 7) is 16.2. The highest BCUT2D eigenvalue weighted by Gasteiger charge is 2.21. The molecule has 16 nitrogen and oxygen atoms in total. The van der Waals surface area contributed by atoms with Crippen LogP contribution in [0, 0.1) is 20.2 Å². The SMILES string of the molecule is C=C(C)C(=O)OCCN(CCOC(=O)C(=C)C)c1cc(NC(C)=O)c(N)cc1OC.CC.Nc1c(Br)cc([N+](=O)[O-])cc1[N+](=O)[O-]. The van der Waals surface area contributed by atoms with E-state index in [4.69, 9.17) is 25.7 Å². The number of nitrogens with one attached hydrogen (secondary N) is 1. The summed E-state index contributed by atoms with van der Waals surface area (Å²) in [5.41, 5.74) is 12.2. The van der Waals surface area contributed by atoms with Gasteiger partial charge in [0, 0.05) is 30.2 Å². The quantitative estimate of drug-likeness (QED) is 0.0802. The number of nitro groups is 2. The number of rotatable bonds is 13. The first-order chi connectivity index (χ1) is 21.5. The van der Waals surface area contributed by atoms with Crippen molar-refractivity contribution in [2.75, 3.05) is 55.1 Å². The Balaban J connectivity index is 0.00000105. The van der Waals surface area contributed by atoms with Gasteiger partial charge in [0.1, 0.15) is 24.7 Å². The third kappa shape index (κ3) is 13.2. The van der Waals surface area contributed by atoms with Gasteiger partial charge in [-0.25, -0.2) is 9.59 Å². The van der Waals surface area contributed by atoms with Crippen LogP contribution in [0.4, 0.5) is 34.1 Å². The van der Waals surface area contributed by atoms with Crippen LogP contribution in [0.25, 0.3) is 0 Å². The lowest BCUT2D eigenvalue weighted by atomic mass is 10.2. The van der Waals surface area contributed by atoms with E-state index in [0.717, 1.165) is 12.1 Å². The molecule has 0 aliphatic carbocycles. The molecule has 0 atom stereocenters. The van der Waals surface area contributed by atoms with Crippen molar-refractivity contribution in [3.05, 3.63) is 73.3 Å². The molecule has 1 amide bonds.